The number of carbonyl (C=O) groups is 1. The Labute approximate surface area is 427 Å². The number of piperidine rings is 2. The first kappa shape index (κ1) is 49.3. The molecule has 3 aromatic carbocycles. The monoisotopic (exact) mass is 1020 g/mol. The van der Waals surface area contributed by atoms with Gasteiger partial charge < -0.3 is 39.4 Å². The third kappa shape index (κ3) is 9.95. The van der Waals surface area contributed by atoms with Crippen molar-refractivity contribution >= 4 is 55.4 Å². The predicted octanol–water partition coefficient (Wildman–Crippen LogP) is 9.39. The van der Waals surface area contributed by atoms with Crippen molar-refractivity contribution in [3.8, 4) is 11.6 Å². The molecule has 0 radical (unpaired) electrons. The molecular weight excluding hydrogens is 949 g/mol. The van der Waals surface area contributed by atoms with Crippen LogP contribution in [0.25, 0.3) is 11.0 Å². The van der Waals surface area contributed by atoms with Gasteiger partial charge in [-0.3, -0.25) is 19.8 Å². The number of nitrogens with one attached hydrogen (secondary N) is 3. The molecule has 0 unspecified atom stereocenters. The van der Waals surface area contributed by atoms with E-state index in [1.807, 2.05) is 37.4 Å². The number of hydrogen-bond donors (Lipinski definition) is 4. The van der Waals surface area contributed by atoms with E-state index in [1.165, 1.54) is 30.5 Å². The second-order valence-electron chi connectivity index (χ2n) is 22.1. The Hall–Kier alpha value is -5.95. The Balaban J connectivity index is 0.859. The summed E-state index contributed by atoms with van der Waals surface area (Å²) in [6, 6.07) is 22.3. The summed E-state index contributed by atoms with van der Waals surface area (Å²) in [5, 5.41) is 26.8. The summed E-state index contributed by atoms with van der Waals surface area (Å²) in [6.07, 6.45) is 12.8. The zero-order valence-electron chi connectivity index (χ0n) is 42.1. The number of sulfonamides is 1. The minimum absolute atomic E-state index is 0.107. The van der Waals surface area contributed by atoms with Crippen LogP contribution in [0.15, 0.2) is 83.9 Å². The van der Waals surface area contributed by atoms with Gasteiger partial charge in [-0.05, 0) is 158 Å². The van der Waals surface area contributed by atoms with E-state index in [1.54, 1.807) is 6.07 Å². The number of aromatic amines is 1. The number of rotatable bonds is 13. The number of amides is 1. The van der Waals surface area contributed by atoms with Crippen LogP contribution in [0.1, 0.15) is 120 Å². The van der Waals surface area contributed by atoms with Gasteiger partial charge in [0, 0.05) is 67.2 Å². The summed E-state index contributed by atoms with van der Waals surface area (Å²) in [6.45, 7) is 9.95. The van der Waals surface area contributed by atoms with E-state index < -0.39 is 43.1 Å². The number of nitro groups is 1. The van der Waals surface area contributed by atoms with Crippen molar-refractivity contribution in [2.24, 2.45) is 11.3 Å². The lowest BCUT2D eigenvalue weighted by Gasteiger charge is -2.57. The molecule has 11 rings (SSSR count). The van der Waals surface area contributed by atoms with Gasteiger partial charge in [-0.1, -0.05) is 24.6 Å². The van der Waals surface area contributed by atoms with Crippen LogP contribution < -0.4 is 29.3 Å². The normalized spacial score (nSPS) is 25.4. The van der Waals surface area contributed by atoms with Crippen LogP contribution in [0.3, 0.4) is 0 Å². The van der Waals surface area contributed by atoms with Crippen LogP contribution >= 0.6 is 0 Å². The predicted molar refractivity (Wildman–Crippen MR) is 280 cm³/mol. The standard InChI is InChI=1S/C55H68N8O9S/c1-35(2)71-49-10-5-4-8-41(49)44-9-6-7-24-61(44)39-31-55(32-39)21-25-60(26-22-55)38-11-13-42(46(29-38)62-45-18-27-70-34-50(45)72-53-48(62)28-37-17-23-56-51(37)58-53)52(64)59-73(68,69)40-12-14-43(47(30-40)63(66)67)57-33-36-15-19-54(3,65)20-16-36/h4-5,8,10-14,17,23,28-30,35-36,39,44-45,50,57,65H,6-7,9,15-16,18-22,24-27,31-34H2,1-3H3,(H,56,58)(H,59,64)/t36?,44-,45+,50+,54?/m1/s1. The lowest BCUT2D eigenvalue weighted by Crippen LogP contribution is -2.56. The molecular formula is C55H68N8O9S. The molecule has 1 spiro atoms. The van der Waals surface area contributed by atoms with E-state index in [0.717, 1.165) is 87.5 Å². The number of benzene rings is 3. The number of nitrogens with zero attached hydrogens (tertiary/aromatic N) is 5. The molecule has 388 valence electrons. The molecule has 6 aliphatic rings. The number of para-hydroxylation sites is 1. The number of H-pyrrole nitrogens is 1. The SMILES string of the molecule is CC(C)Oc1ccccc1[C@H]1CCCCN1C1CC2(CCN(c3ccc(C(=O)NS(=O)(=O)c4ccc(NCC5CCC(C)(O)CC5)c([N+](=O)[O-])c4)c(N4c5cc6cc[nH]c6nc5O[C@H]5COCC[C@@H]54)c3)CC2)C1. The number of carbonyl (C=O) groups excluding carboxylic acids is 1. The Kier molecular flexibility index (Phi) is 13.3. The molecule has 2 saturated carbocycles. The fraction of sp³-hybridized carbons (Fsp3) is 0.527. The lowest BCUT2D eigenvalue weighted by atomic mass is 9.59. The molecule has 18 heteroatoms. The zero-order valence-corrected chi connectivity index (χ0v) is 42.9. The number of hydrogen-bond acceptors (Lipinski definition) is 14. The minimum Gasteiger partial charge on any atom is -0.491 e. The van der Waals surface area contributed by atoms with E-state index in [2.05, 4.69) is 67.8 Å². The highest BCUT2D eigenvalue weighted by atomic mass is 32.2. The summed E-state index contributed by atoms with van der Waals surface area (Å²) >= 11 is 0. The van der Waals surface area contributed by atoms with Gasteiger partial charge in [0.1, 0.15) is 28.9 Å². The van der Waals surface area contributed by atoms with E-state index in [4.69, 9.17) is 19.2 Å². The van der Waals surface area contributed by atoms with Crippen molar-refractivity contribution in [1.82, 2.24) is 19.6 Å². The number of aliphatic hydroxyl groups is 1. The maximum atomic E-state index is 14.7. The third-order valence-electron chi connectivity index (χ3n) is 16.7. The summed E-state index contributed by atoms with van der Waals surface area (Å²) in [5.41, 5.74) is 3.42. The summed E-state index contributed by atoms with van der Waals surface area (Å²) in [5.74, 6) is 0.687. The lowest BCUT2D eigenvalue weighted by molar-refractivity contribution is -0.384. The maximum absolute atomic E-state index is 14.7. The fourth-order valence-corrected chi connectivity index (χ4v) is 13.7. The number of likely N-dealkylation sites (tertiary alicyclic amines) is 1. The van der Waals surface area contributed by atoms with Gasteiger partial charge in [0.2, 0.25) is 5.88 Å². The van der Waals surface area contributed by atoms with Crippen LogP contribution in [0.2, 0.25) is 0 Å². The van der Waals surface area contributed by atoms with Gasteiger partial charge in [-0.2, -0.15) is 4.98 Å². The van der Waals surface area contributed by atoms with Crippen molar-refractivity contribution in [2.75, 3.05) is 54.5 Å². The average Bonchev–Trinajstić information content (AvgIpc) is 3.83. The molecule has 0 bridgehead atoms. The van der Waals surface area contributed by atoms with Crippen molar-refractivity contribution < 1.29 is 37.5 Å². The molecule has 5 fully saturated rings. The molecule has 5 aromatic rings. The van der Waals surface area contributed by atoms with Gasteiger partial charge in [0.15, 0.2) is 0 Å². The molecule has 73 heavy (non-hydrogen) atoms. The molecule has 1 amide bonds. The van der Waals surface area contributed by atoms with E-state index in [0.29, 0.717) is 74.0 Å². The second-order valence-corrected chi connectivity index (χ2v) is 23.8. The quantitative estimate of drug-likeness (QED) is 0.0641. The highest BCUT2D eigenvalue weighted by molar-refractivity contribution is 7.90. The number of anilines is 4. The first-order valence-corrected chi connectivity index (χ1v) is 27.8. The molecule has 3 saturated heterocycles. The van der Waals surface area contributed by atoms with Gasteiger partial charge in [-0.25, -0.2) is 13.1 Å². The van der Waals surface area contributed by atoms with E-state index in [-0.39, 0.29) is 34.7 Å². The van der Waals surface area contributed by atoms with Crippen molar-refractivity contribution in [3.05, 3.63) is 100 Å². The molecule has 3 atom stereocenters. The largest absolute Gasteiger partial charge is 0.491 e. The Morgan fingerprint density at radius 3 is 2.55 bits per heavy atom. The molecule has 2 aliphatic carbocycles. The number of nitro benzene ring substituents is 1. The molecule has 2 aromatic heterocycles. The molecule has 17 nitrogen and oxygen atoms in total. The highest BCUT2D eigenvalue weighted by Crippen LogP contribution is 2.55. The Morgan fingerprint density at radius 2 is 1.77 bits per heavy atom. The van der Waals surface area contributed by atoms with Crippen LogP contribution in [0.4, 0.5) is 28.4 Å². The third-order valence-corrected chi connectivity index (χ3v) is 18.1. The zero-order chi connectivity index (χ0) is 50.6. The summed E-state index contributed by atoms with van der Waals surface area (Å²) < 4.78 is 49.4. The van der Waals surface area contributed by atoms with Gasteiger partial charge >= 0.3 is 0 Å². The smallest absolute Gasteiger partial charge is 0.293 e. The fourth-order valence-electron chi connectivity index (χ4n) is 12.7. The molecule has 4 aliphatic heterocycles. The Bertz CT molecular complexity index is 2970. The maximum Gasteiger partial charge on any atom is 0.293 e. The summed E-state index contributed by atoms with van der Waals surface area (Å²) in [4.78, 5) is 41.3. The van der Waals surface area contributed by atoms with Gasteiger partial charge in [0.05, 0.1) is 45.4 Å². The summed E-state index contributed by atoms with van der Waals surface area (Å²) in [7, 11) is -4.62. The van der Waals surface area contributed by atoms with E-state index in [9.17, 15) is 28.4 Å². The highest BCUT2D eigenvalue weighted by Gasteiger charge is 2.50. The molecule has 6 heterocycles. The number of fused-ring (bicyclic) bond motifs is 3. The number of pyridine rings is 1. The van der Waals surface area contributed by atoms with Crippen LogP contribution in [-0.2, 0) is 14.8 Å². The van der Waals surface area contributed by atoms with Gasteiger partial charge in [0.25, 0.3) is 21.6 Å². The van der Waals surface area contributed by atoms with Crippen molar-refractivity contribution in [2.45, 2.75) is 139 Å². The van der Waals surface area contributed by atoms with E-state index >= 15 is 0 Å². The Morgan fingerprint density at radius 1 is 0.973 bits per heavy atom. The van der Waals surface area contributed by atoms with Crippen LogP contribution in [-0.4, -0.2) is 109 Å². The average molecular weight is 1020 g/mol. The first-order valence-electron chi connectivity index (χ1n) is 26.4. The second kappa shape index (κ2) is 19.7. The van der Waals surface area contributed by atoms with Crippen molar-refractivity contribution in [3.63, 3.8) is 0 Å². The van der Waals surface area contributed by atoms with Crippen molar-refractivity contribution in [1.29, 1.82) is 0 Å². The number of aromatic nitrogens is 2. The van der Waals surface area contributed by atoms with Gasteiger partial charge in [-0.15, -0.1) is 0 Å². The topological polar surface area (TPSA) is 205 Å². The van der Waals surface area contributed by atoms with Crippen LogP contribution in [0, 0.1) is 21.4 Å². The minimum atomic E-state index is -4.62. The first-order chi connectivity index (χ1) is 35.1. The van der Waals surface area contributed by atoms with Crippen LogP contribution in [0.5, 0.6) is 11.6 Å². The number of ether oxygens (including phenoxy) is 3. The molecule has 4 N–H and O–H groups in total.